The summed E-state index contributed by atoms with van der Waals surface area (Å²) in [4.78, 5) is 29.4. The molecule has 3 heterocycles. The van der Waals surface area contributed by atoms with Gasteiger partial charge in [-0.15, -0.1) is 20.4 Å². The molecule has 2 aliphatic rings. The Morgan fingerprint density at radius 3 is 2.33 bits per heavy atom. The van der Waals surface area contributed by atoms with Gasteiger partial charge in [0.2, 0.25) is 22.1 Å². The number of carbonyl (C=O) groups is 2. The first-order valence-electron chi connectivity index (χ1n) is 15.9. The highest BCUT2D eigenvalue weighted by molar-refractivity contribution is 7.15. The molecule has 10 nitrogen and oxygen atoms in total. The number of amides is 2. The van der Waals surface area contributed by atoms with Crippen LogP contribution < -0.4 is 16.0 Å². The first-order valence-corrected chi connectivity index (χ1v) is 17.5. The van der Waals surface area contributed by atoms with Gasteiger partial charge in [0, 0.05) is 25.1 Å². The van der Waals surface area contributed by atoms with Crippen LogP contribution in [0.3, 0.4) is 0 Å². The number of benzene rings is 1. The molecule has 2 aromatic heterocycles. The van der Waals surface area contributed by atoms with E-state index in [0.717, 1.165) is 72.8 Å². The molecule has 3 aromatic rings. The lowest BCUT2D eigenvalue weighted by Crippen LogP contribution is -2.26. The van der Waals surface area contributed by atoms with Gasteiger partial charge < -0.3 is 16.0 Å². The van der Waals surface area contributed by atoms with Crippen LogP contribution in [0, 0.1) is 0 Å². The standard InChI is InChI=1S/C34H42N8O2S2/c1-22(7-4-8-23(2)21-35-3)17-29(43)37-33-41-39-31(45-33)27-11-6-12-28(20-27)32-40-42-34(46-32)38-30(44)19-24-9-5-10-26(18-24)25-13-15-36-16-14-25/h4-5,7-10,18,21,25,27-28,36H,1,6,11-17,19-20H2,2-3H3,(H,37,41,43)(H,38,42,44)/b7-4-,23-8+,35-21?/t27-,28-/m0/s1. The molecular formula is C34H42N8O2S2. The summed E-state index contributed by atoms with van der Waals surface area (Å²) in [5.41, 5.74) is 4.05. The van der Waals surface area contributed by atoms with Crippen LogP contribution in [-0.2, 0) is 16.0 Å². The van der Waals surface area contributed by atoms with Crippen LogP contribution in [0.2, 0.25) is 0 Å². The molecule has 1 saturated carbocycles. The minimum atomic E-state index is -0.174. The van der Waals surface area contributed by atoms with Crippen molar-refractivity contribution in [1.82, 2.24) is 25.7 Å². The van der Waals surface area contributed by atoms with Gasteiger partial charge in [0.05, 0.1) is 12.8 Å². The molecule has 0 spiro atoms. The minimum absolute atomic E-state index is 0.0800. The maximum Gasteiger partial charge on any atom is 0.230 e. The third kappa shape index (κ3) is 9.81. The Hall–Kier alpha value is -3.87. The number of hydrogen-bond donors (Lipinski definition) is 3. The third-order valence-electron chi connectivity index (χ3n) is 8.28. The van der Waals surface area contributed by atoms with Gasteiger partial charge in [0.15, 0.2) is 0 Å². The van der Waals surface area contributed by atoms with Crippen LogP contribution in [0.4, 0.5) is 10.3 Å². The SMILES string of the molecule is C=C(/C=C\C=C(/C)C=NC)CC(=O)Nc1nnc([C@H]2CCC[C@H](c3nnc(NC(=O)Cc4cccc(C5CCNCC5)c4)s3)C2)s1. The van der Waals surface area contributed by atoms with Crippen LogP contribution in [0.25, 0.3) is 0 Å². The zero-order valence-corrected chi connectivity index (χ0v) is 28.1. The van der Waals surface area contributed by atoms with Crippen molar-refractivity contribution >= 4 is 51.0 Å². The van der Waals surface area contributed by atoms with Crippen LogP contribution in [-0.4, -0.2) is 58.6 Å². The Kier molecular flexibility index (Phi) is 12.1. The van der Waals surface area contributed by atoms with Crippen molar-refractivity contribution in [2.24, 2.45) is 4.99 Å². The highest BCUT2D eigenvalue weighted by atomic mass is 32.1. The number of anilines is 2. The highest BCUT2D eigenvalue weighted by Gasteiger charge is 2.29. The fourth-order valence-corrected chi connectivity index (χ4v) is 7.82. The van der Waals surface area contributed by atoms with Crippen LogP contribution in [0.5, 0.6) is 0 Å². The first kappa shape index (κ1) is 33.5. The van der Waals surface area contributed by atoms with Gasteiger partial charge in [0.1, 0.15) is 10.0 Å². The molecule has 1 aromatic carbocycles. The second kappa shape index (κ2) is 16.6. The summed E-state index contributed by atoms with van der Waals surface area (Å²) in [5.74, 6) is 0.769. The quantitative estimate of drug-likeness (QED) is 0.148. The molecule has 242 valence electrons. The Balaban J connectivity index is 1.10. The van der Waals surface area contributed by atoms with E-state index < -0.39 is 0 Å². The van der Waals surface area contributed by atoms with Gasteiger partial charge in [-0.2, -0.15) is 0 Å². The average Bonchev–Trinajstić information content (AvgIpc) is 3.72. The lowest BCUT2D eigenvalue weighted by Gasteiger charge is -2.25. The van der Waals surface area contributed by atoms with Crippen molar-refractivity contribution in [3.05, 3.63) is 81.4 Å². The van der Waals surface area contributed by atoms with Crippen LogP contribution in [0.15, 0.2) is 65.2 Å². The largest absolute Gasteiger partial charge is 0.317 e. The summed E-state index contributed by atoms with van der Waals surface area (Å²) >= 11 is 2.88. The van der Waals surface area contributed by atoms with Crippen molar-refractivity contribution in [1.29, 1.82) is 0 Å². The minimum Gasteiger partial charge on any atom is -0.317 e. The van der Waals surface area contributed by atoms with E-state index in [1.165, 1.54) is 28.2 Å². The monoisotopic (exact) mass is 658 g/mol. The van der Waals surface area contributed by atoms with Crippen LogP contribution in [0.1, 0.15) is 90.8 Å². The summed E-state index contributed by atoms with van der Waals surface area (Å²) < 4.78 is 0. The molecule has 1 aliphatic carbocycles. The van der Waals surface area contributed by atoms with E-state index in [0.29, 0.717) is 28.2 Å². The second-order valence-electron chi connectivity index (χ2n) is 12.0. The number of hydrogen-bond acceptors (Lipinski definition) is 10. The van der Waals surface area contributed by atoms with Crippen molar-refractivity contribution < 1.29 is 9.59 Å². The molecule has 1 aliphatic heterocycles. The summed E-state index contributed by atoms with van der Waals surface area (Å²) in [6.07, 6.45) is 14.1. The Morgan fingerprint density at radius 1 is 0.978 bits per heavy atom. The Bertz CT molecular complexity index is 1600. The van der Waals surface area contributed by atoms with Gasteiger partial charge in [-0.1, -0.05) is 78.2 Å². The van der Waals surface area contributed by atoms with Gasteiger partial charge in [-0.25, -0.2) is 0 Å². The van der Waals surface area contributed by atoms with Gasteiger partial charge in [-0.05, 0) is 80.3 Å². The lowest BCUT2D eigenvalue weighted by atomic mass is 9.82. The van der Waals surface area contributed by atoms with Crippen molar-refractivity contribution in [3.8, 4) is 0 Å². The molecule has 5 rings (SSSR count). The molecule has 2 fully saturated rings. The highest BCUT2D eigenvalue weighted by Crippen LogP contribution is 2.43. The second-order valence-corrected chi connectivity index (χ2v) is 14.0. The Morgan fingerprint density at radius 2 is 1.65 bits per heavy atom. The molecule has 0 unspecified atom stereocenters. The third-order valence-corrected chi connectivity index (χ3v) is 10.3. The number of nitrogens with one attached hydrogen (secondary N) is 3. The number of carbonyl (C=O) groups excluding carboxylic acids is 2. The molecule has 0 radical (unpaired) electrons. The molecule has 2 atom stereocenters. The number of rotatable bonds is 12. The summed E-state index contributed by atoms with van der Waals surface area (Å²) in [5, 5.41) is 29.5. The molecule has 12 heteroatoms. The average molecular weight is 659 g/mol. The zero-order valence-electron chi connectivity index (χ0n) is 26.5. The fraction of sp³-hybridized carbons (Fsp3) is 0.441. The molecule has 0 bridgehead atoms. The van der Waals surface area contributed by atoms with Gasteiger partial charge in [0.25, 0.3) is 0 Å². The van der Waals surface area contributed by atoms with Gasteiger partial charge in [-0.3, -0.25) is 14.6 Å². The topological polar surface area (TPSA) is 134 Å². The smallest absolute Gasteiger partial charge is 0.230 e. The van der Waals surface area contributed by atoms with Crippen LogP contribution >= 0.6 is 22.7 Å². The zero-order chi connectivity index (χ0) is 32.3. The molecular weight excluding hydrogens is 617 g/mol. The first-order chi connectivity index (χ1) is 22.4. The van der Waals surface area contributed by atoms with E-state index in [2.05, 4.69) is 66.1 Å². The van der Waals surface area contributed by atoms with E-state index in [1.807, 2.05) is 31.2 Å². The maximum atomic E-state index is 12.9. The summed E-state index contributed by atoms with van der Waals surface area (Å²) in [6, 6.07) is 8.42. The van der Waals surface area contributed by atoms with Gasteiger partial charge >= 0.3 is 0 Å². The van der Waals surface area contributed by atoms with Crippen molar-refractivity contribution in [3.63, 3.8) is 0 Å². The summed E-state index contributed by atoms with van der Waals surface area (Å²) in [7, 11) is 1.73. The normalized spacial score (nSPS) is 19.5. The number of nitrogens with zero attached hydrogens (tertiary/aromatic N) is 5. The van der Waals surface area contributed by atoms with Crippen molar-refractivity contribution in [2.45, 2.75) is 76.0 Å². The number of allylic oxidation sites excluding steroid dienone is 4. The molecule has 3 N–H and O–H groups in total. The number of piperidine rings is 1. The lowest BCUT2D eigenvalue weighted by molar-refractivity contribution is -0.116. The molecule has 2 amide bonds. The van der Waals surface area contributed by atoms with E-state index in [4.69, 9.17) is 0 Å². The Labute approximate surface area is 278 Å². The molecule has 46 heavy (non-hydrogen) atoms. The molecule has 1 saturated heterocycles. The fourth-order valence-electron chi connectivity index (χ4n) is 6.01. The number of aliphatic imine (C=N–C) groups is 1. The predicted octanol–water partition coefficient (Wildman–Crippen LogP) is 6.57. The van der Waals surface area contributed by atoms with Crippen molar-refractivity contribution in [2.75, 3.05) is 30.8 Å². The predicted molar refractivity (Wildman–Crippen MR) is 187 cm³/mol. The van der Waals surface area contributed by atoms with E-state index in [-0.39, 0.29) is 30.1 Å². The van der Waals surface area contributed by atoms with E-state index in [1.54, 1.807) is 13.3 Å². The number of aromatic nitrogens is 4. The maximum absolute atomic E-state index is 12.9. The van der Waals surface area contributed by atoms with E-state index in [9.17, 15) is 9.59 Å². The summed E-state index contributed by atoms with van der Waals surface area (Å²) in [6.45, 7) is 8.01. The van der Waals surface area contributed by atoms with E-state index >= 15 is 0 Å².